The molecule has 3 aromatic carbocycles. The Labute approximate surface area is 215 Å². The topological polar surface area (TPSA) is 43.3 Å². The van der Waals surface area contributed by atoms with Gasteiger partial charge in [-0.2, -0.15) is 5.10 Å². The minimum atomic E-state index is -0.303. The second kappa shape index (κ2) is 10.7. The standard InChI is InChI=1S/C29H31BrN2O3/c1-3-4-5-6-17-34-24-14-9-21(10-15-24)29-32-27(25-18-22(30)11-16-28(25)35-29)19-26(31-32)20-7-12-23(33-2)13-8-20/h7-16,18,27,29H,3-6,17,19H2,1-2H3/t27-,29+/m1/s1. The molecule has 0 N–H and O–H groups in total. The van der Waals surface area contributed by atoms with Gasteiger partial charge in [0.05, 0.1) is 25.5 Å². The maximum absolute atomic E-state index is 6.51. The van der Waals surface area contributed by atoms with Gasteiger partial charge in [-0.05, 0) is 78.7 Å². The van der Waals surface area contributed by atoms with Crippen molar-refractivity contribution in [3.8, 4) is 17.2 Å². The molecule has 0 bridgehead atoms. The molecule has 2 aliphatic heterocycles. The summed E-state index contributed by atoms with van der Waals surface area (Å²) in [7, 11) is 1.68. The van der Waals surface area contributed by atoms with Crippen LogP contribution in [0.2, 0.25) is 0 Å². The van der Waals surface area contributed by atoms with E-state index in [2.05, 4.69) is 58.2 Å². The zero-order valence-corrected chi connectivity index (χ0v) is 21.8. The average molecular weight is 535 g/mol. The van der Waals surface area contributed by atoms with Crippen LogP contribution < -0.4 is 14.2 Å². The number of hydrogen-bond donors (Lipinski definition) is 0. The highest BCUT2D eigenvalue weighted by atomic mass is 79.9. The van der Waals surface area contributed by atoms with Crippen LogP contribution in [0.4, 0.5) is 0 Å². The lowest BCUT2D eigenvalue weighted by molar-refractivity contribution is -0.0191. The molecule has 3 aromatic rings. The van der Waals surface area contributed by atoms with E-state index in [1.807, 2.05) is 36.4 Å². The first-order valence-corrected chi connectivity index (χ1v) is 13.1. The van der Waals surface area contributed by atoms with Crippen LogP contribution in [0.25, 0.3) is 0 Å². The molecule has 0 saturated carbocycles. The summed E-state index contributed by atoms with van der Waals surface area (Å²) in [5, 5.41) is 7.17. The van der Waals surface area contributed by atoms with E-state index in [0.717, 1.165) is 63.6 Å². The van der Waals surface area contributed by atoms with E-state index in [1.165, 1.54) is 19.3 Å². The third-order valence-corrected chi connectivity index (χ3v) is 7.10. The molecular formula is C29H31BrN2O3. The summed E-state index contributed by atoms with van der Waals surface area (Å²) in [5.41, 5.74) is 4.35. The number of unbranched alkanes of at least 4 members (excludes halogenated alkanes) is 3. The molecule has 2 heterocycles. The van der Waals surface area contributed by atoms with Gasteiger partial charge in [0.2, 0.25) is 6.23 Å². The number of nitrogens with zero attached hydrogens (tertiary/aromatic N) is 2. The third-order valence-electron chi connectivity index (χ3n) is 6.61. The Bertz CT molecular complexity index is 1180. The third kappa shape index (κ3) is 5.18. The zero-order chi connectivity index (χ0) is 24.2. The molecule has 0 radical (unpaired) electrons. The minimum absolute atomic E-state index is 0.104. The number of rotatable bonds is 9. The first-order chi connectivity index (χ1) is 17.2. The fourth-order valence-electron chi connectivity index (χ4n) is 4.68. The van der Waals surface area contributed by atoms with E-state index in [1.54, 1.807) is 7.11 Å². The highest BCUT2D eigenvalue weighted by Gasteiger charge is 2.41. The highest BCUT2D eigenvalue weighted by molar-refractivity contribution is 9.10. The Morgan fingerprint density at radius 2 is 1.74 bits per heavy atom. The molecule has 35 heavy (non-hydrogen) atoms. The molecule has 0 saturated heterocycles. The number of benzene rings is 3. The zero-order valence-electron chi connectivity index (χ0n) is 20.2. The lowest BCUT2D eigenvalue weighted by Crippen LogP contribution is -2.33. The minimum Gasteiger partial charge on any atom is -0.497 e. The van der Waals surface area contributed by atoms with Gasteiger partial charge < -0.3 is 14.2 Å². The summed E-state index contributed by atoms with van der Waals surface area (Å²) in [6.45, 7) is 2.98. The van der Waals surface area contributed by atoms with Crippen LogP contribution in [0.5, 0.6) is 17.2 Å². The first kappa shape index (κ1) is 23.7. The molecule has 0 aromatic heterocycles. The Hall–Kier alpha value is -2.99. The monoisotopic (exact) mass is 534 g/mol. The fourth-order valence-corrected chi connectivity index (χ4v) is 5.06. The van der Waals surface area contributed by atoms with Crippen LogP contribution in [0.1, 0.15) is 68.0 Å². The first-order valence-electron chi connectivity index (χ1n) is 12.4. The Balaban J connectivity index is 1.39. The van der Waals surface area contributed by atoms with Crippen LogP contribution >= 0.6 is 15.9 Å². The predicted octanol–water partition coefficient (Wildman–Crippen LogP) is 7.66. The molecule has 5 rings (SSSR count). The van der Waals surface area contributed by atoms with Gasteiger partial charge >= 0.3 is 0 Å². The molecule has 0 aliphatic carbocycles. The number of methoxy groups -OCH3 is 1. The highest BCUT2D eigenvalue weighted by Crippen LogP contribution is 2.48. The molecule has 182 valence electrons. The maximum atomic E-state index is 6.51. The van der Waals surface area contributed by atoms with E-state index >= 15 is 0 Å². The summed E-state index contributed by atoms with van der Waals surface area (Å²) in [5.74, 6) is 2.64. The van der Waals surface area contributed by atoms with E-state index < -0.39 is 0 Å². The smallest absolute Gasteiger partial charge is 0.213 e. The number of fused-ring (bicyclic) bond motifs is 3. The summed E-state index contributed by atoms with van der Waals surface area (Å²) in [6.07, 6.45) is 5.31. The lowest BCUT2D eigenvalue weighted by atomic mass is 9.96. The van der Waals surface area contributed by atoms with Gasteiger partial charge in [-0.1, -0.05) is 42.1 Å². The van der Waals surface area contributed by atoms with Crippen molar-refractivity contribution in [3.63, 3.8) is 0 Å². The van der Waals surface area contributed by atoms with Crippen LogP contribution in [0, 0.1) is 0 Å². The average Bonchev–Trinajstić information content (AvgIpc) is 3.35. The van der Waals surface area contributed by atoms with Crippen molar-refractivity contribution in [2.24, 2.45) is 5.10 Å². The van der Waals surface area contributed by atoms with Crippen molar-refractivity contribution in [1.29, 1.82) is 0 Å². The SMILES string of the molecule is CCCCCCOc1ccc([C@@H]2Oc3ccc(Br)cc3[C@H]3CC(c4ccc(OC)cc4)=NN32)cc1. The predicted molar refractivity (Wildman–Crippen MR) is 142 cm³/mol. The fraction of sp³-hybridized carbons (Fsp3) is 0.345. The Kier molecular flexibility index (Phi) is 7.28. The number of ether oxygens (including phenoxy) is 3. The quantitative estimate of drug-likeness (QED) is 0.264. The van der Waals surface area contributed by atoms with Crippen molar-refractivity contribution in [2.75, 3.05) is 13.7 Å². The van der Waals surface area contributed by atoms with Crippen molar-refractivity contribution in [2.45, 2.75) is 51.3 Å². The van der Waals surface area contributed by atoms with Gasteiger partial charge in [-0.3, -0.25) is 0 Å². The van der Waals surface area contributed by atoms with Gasteiger partial charge in [0.15, 0.2) is 0 Å². The molecule has 2 aliphatic rings. The molecule has 5 nitrogen and oxygen atoms in total. The molecule has 0 spiro atoms. The lowest BCUT2D eigenvalue weighted by Gasteiger charge is -2.38. The van der Waals surface area contributed by atoms with Crippen molar-refractivity contribution in [3.05, 3.63) is 87.9 Å². The van der Waals surface area contributed by atoms with Gasteiger partial charge in [-0.25, -0.2) is 5.01 Å². The Morgan fingerprint density at radius 1 is 0.971 bits per heavy atom. The van der Waals surface area contributed by atoms with Gasteiger partial charge in [0.25, 0.3) is 0 Å². The van der Waals surface area contributed by atoms with Crippen LogP contribution in [0.3, 0.4) is 0 Å². The largest absolute Gasteiger partial charge is 0.497 e. The summed E-state index contributed by atoms with van der Waals surface area (Å²) >= 11 is 3.63. The van der Waals surface area contributed by atoms with Crippen LogP contribution in [-0.2, 0) is 0 Å². The van der Waals surface area contributed by atoms with Crippen molar-refractivity contribution >= 4 is 21.6 Å². The van der Waals surface area contributed by atoms with Crippen molar-refractivity contribution < 1.29 is 14.2 Å². The second-order valence-electron chi connectivity index (χ2n) is 9.01. The van der Waals surface area contributed by atoms with Gasteiger partial charge in [-0.15, -0.1) is 0 Å². The molecule has 0 unspecified atom stereocenters. The van der Waals surface area contributed by atoms with Gasteiger partial charge in [0.1, 0.15) is 17.2 Å². The van der Waals surface area contributed by atoms with E-state index in [9.17, 15) is 0 Å². The van der Waals surface area contributed by atoms with Gasteiger partial charge in [0, 0.05) is 22.0 Å². The molecule has 6 heteroatoms. The van der Waals surface area contributed by atoms with E-state index in [4.69, 9.17) is 19.3 Å². The molecule has 0 amide bonds. The number of halogens is 1. The second-order valence-corrected chi connectivity index (χ2v) is 9.92. The van der Waals surface area contributed by atoms with Crippen molar-refractivity contribution in [1.82, 2.24) is 5.01 Å². The van der Waals surface area contributed by atoms with E-state index in [-0.39, 0.29) is 12.3 Å². The summed E-state index contributed by atoms with van der Waals surface area (Å²) in [6, 6.07) is 22.7. The molecule has 2 atom stereocenters. The molecular weight excluding hydrogens is 504 g/mol. The number of hydrazone groups is 1. The van der Waals surface area contributed by atoms with Crippen LogP contribution in [0.15, 0.2) is 76.3 Å². The maximum Gasteiger partial charge on any atom is 0.213 e. The van der Waals surface area contributed by atoms with Crippen LogP contribution in [-0.4, -0.2) is 24.4 Å². The molecule has 0 fully saturated rings. The normalized spacial score (nSPS) is 18.4. The van der Waals surface area contributed by atoms with E-state index in [0.29, 0.717) is 0 Å². The summed E-state index contributed by atoms with van der Waals surface area (Å²) < 4.78 is 18.8. The summed E-state index contributed by atoms with van der Waals surface area (Å²) in [4.78, 5) is 0. The Morgan fingerprint density at radius 3 is 2.49 bits per heavy atom. The number of hydrogen-bond acceptors (Lipinski definition) is 5.